The van der Waals surface area contributed by atoms with Crippen LogP contribution in [0.3, 0.4) is 0 Å². The van der Waals surface area contributed by atoms with Crippen LogP contribution < -0.4 is 32.3 Å². The molecule has 8 N–H and O–H groups in total. The molecule has 79 heavy (non-hydrogen) atoms. The number of hydrogen-bond acceptors (Lipinski definition) is 12. The molecule has 1 fully saturated rings. The quantitative estimate of drug-likeness (QED) is 0.0360. The van der Waals surface area contributed by atoms with Gasteiger partial charge in [0.2, 0.25) is 47.3 Å². The number of rotatable bonds is 25. The van der Waals surface area contributed by atoms with Crippen LogP contribution in [0.4, 0.5) is 8.78 Å². The molecule has 0 aliphatic carbocycles. The molecule has 22 nitrogen and oxygen atoms in total. The SMILES string of the molecule is C[C@H](NC(=O)Cc1ccncc1)C(=O)N1CCC[C@@H]1C(=O)N[C@@H](CC(N)=O)C(=O)N[C@@H](CCN(C(=O)CO)[C@@H](c1cc(-c2cc(F)ccc2F)cn1Cc1ccccc1)C(C)(C)C)C(=O)NCCNC(=O)CN1C(=O)C=CC1=O. The van der Waals surface area contributed by atoms with E-state index < -0.39 is 132 Å². The number of nitrogens with zero attached hydrogens (tertiary/aromatic N) is 5. The smallest absolute Gasteiger partial charge is 0.254 e. The third-order valence-corrected chi connectivity index (χ3v) is 13.2. The number of nitrogens with two attached hydrogens (primary N) is 1. The molecule has 24 heteroatoms. The fourth-order valence-corrected chi connectivity index (χ4v) is 9.48. The number of amides is 10. The average Bonchev–Trinajstić information content (AvgIpc) is 4.21. The second-order valence-corrected chi connectivity index (χ2v) is 20.2. The first-order chi connectivity index (χ1) is 37.5. The van der Waals surface area contributed by atoms with Crippen LogP contribution in [0, 0.1) is 17.0 Å². The van der Waals surface area contributed by atoms with Crippen LogP contribution in [0.1, 0.15) is 76.2 Å². The number of carbonyl (C=O) groups excluding carboxylic acids is 10. The highest BCUT2D eigenvalue weighted by Gasteiger charge is 2.41. The number of primary amides is 1. The minimum absolute atomic E-state index is 0.0378. The minimum atomic E-state index is -1.72. The van der Waals surface area contributed by atoms with Gasteiger partial charge >= 0.3 is 0 Å². The number of aliphatic hydroxyl groups is 1. The van der Waals surface area contributed by atoms with Crippen molar-refractivity contribution < 1.29 is 61.8 Å². The van der Waals surface area contributed by atoms with Crippen LogP contribution in [-0.4, -0.2) is 152 Å². The standard InChI is InChI=1S/C55H65F2N11O11/c1-33(62-45(71)25-34-16-19-59-20-17-34)54(79)66-23-8-11-42(66)53(78)64-41(28-44(58)70)52(77)63-40(51(76)61-22-21-60-46(72)31-68-47(73)14-15-48(68)74)18-24-67(49(75)32-69)50(55(2,3)4)43-26-36(38-27-37(56)12-13-39(38)57)30-65(43)29-35-9-6-5-7-10-35/h5-7,9-10,12-17,19-20,26-27,30,33,40-42,50,69H,8,11,18,21-25,28-29,31-32H2,1-4H3,(H2,58,70)(H,60,72)(H,61,76)(H,62,71)(H,63,77)(H,64,78)/t33-,40-,41-,42+,50-/m0/s1. The Morgan fingerprint density at radius 1 is 0.835 bits per heavy atom. The number of benzene rings is 2. The number of carbonyl (C=O) groups is 10. The number of hydrogen-bond donors (Lipinski definition) is 7. The summed E-state index contributed by atoms with van der Waals surface area (Å²) in [5.41, 5.74) is 6.79. The van der Waals surface area contributed by atoms with E-state index in [1.807, 2.05) is 30.3 Å². The number of aromatic nitrogens is 2. The predicted octanol–water partition coefficient (Wildman–Crippen LogP) is 0.916. The number of halogens is 2. The molecule has 0 bridgehead atoms. The van der Waals surface area contributed by atoms with Gasteiger partial charge in [0.1, 0.15) is 49.0 Å². The molecular formula is C55H65F2N11O11. The van der Waals surface area contributed by atoms with Gasteiger partial charge in [-0.3, -0.25) is 57.8 Å². The summed E-state index contributed by atoms with van der Waals surface area (Å²) in [6.07, 6.45) is 6.00. The Bertz CT molecular complexity index is 2930. The van der Waals surface area contributed by atoms with E-state index in [1.54, 1.807) is 49.7 Å². The molecule has 10 amide bonds. The summed E-state index contributed by atoms with van der Waals surface area (Å²) in [5, 5.41) is 23.3. The Morgan fingerprint density at radius 2 is 1.52 bits per heavy atom. The van der Waals surface area contributed by atoms with Gasteiger partial charge in [-0.1, -0.05) is 51.1 Å². The highest BCUT2D eigenvalue weighted by atomic mass is 19.1. The molecule has 0 unspecified atom stereocenters. The van der Waals surface area contributed by atoms with E-state index in [0.717, 1.165) is 35.9 Å². The zero-order valence-corrected chi connectivity index (χ0v) is 44.2. The molecule has 5 atom stereocenters. The van der Waals surface area contributed by atoms with Crippen molar-refractivity contribution >= 4 is 59.1 Å². The summed E-state index contributed by atoms with van der Waals surface area (Å²) in [7, 11) is 0. The van der Waals surface area contributed by atoms with Crippen molar-refractivity contribution in [3.63, 3.8) is 0 Å². The summed E-state index contributed by atoms with van der Waals surface area (Å²) in [5.74, 6) is -9.20. The molecule has 420 valence electrons. The number of nitrogens with one attached hydrogen (secondary N) is 5. The maximum Gasteiger partial charge on any atom is 0.254 e. The van der Waals surface area contributed by atoms with E-state index in [4.69, 9.17) is 5.73 Å². The van der Waals surface area contributed by atoms with Crippen molar-refractivity contribution in [2.24, 2.45) is 11.1 Å². The van der Waals surface area contributed by atoms with Crippen LogP contribution >= 0.6 is 0 Å². The van der Waals surface area contributed by atoms with E-state index >= 15 is 4.39 Å². The average molecular weight is 1090 g/mol. The minimum Gasteiger partial charge on any atom is -0.387 e. The van der Waals surface area contributed by atoms with Crippen molar-refractivity contribution in [3.8, 4) is 11.1 Å². The van der Waals surface area contributed by atoms with E-state index in [0.29, 0.717) is 22.6 Å². The second-order valence-electron chi connectivity index (χ2n) is 20.2. The molecule has 1 saturated heterocycles. The van der Waals surface area contributed by atoms with E-state index in [-0.39, 0.29) is 56.7 Å². The van der Waals surface area contributed by atoms with Crippen LogP contribution in [0.5, 0.6) is 0 Å². The third kappa shape index (κ3) is 16.2. The third-order valence-electron chi connectivity index (χ3n) is 13.2. The zero-order valence-electron chi connectivity index (χ0n) is 44.2. The topological polar surface area (TPSA) is 305 Å². The number of aliphatic hydroxyl groups excluding tert-OH is 1. The van der Waals surface area contributed by atoms with E-state index in [9.17, 15) is 57.4 Å². The molecule has 2 aliphatic heterocycles. The van der Waals surface area contributed by atoms with Gasteiger partial charge in [0.05, 0.1) is 18.9 Å². The van der Waals surface area contributed by atoms with Gasteiger partial charge in [-0.05, 0) is 79.1 Å². The molecule has 2 aromatic heterocycles. The van der Waals surface area contributed by atoms with Gasteiger partial charge in [0.15, 0.2) is 0 Å². The normalized spacial score (nSPS) is 15.7. The van der Waals surface area contributed by atoms with Gasteiger partial charge < -0.3 is 51.8 Å². The van der Waals surface area contributed by atoms with Crippen molar-refractivity contribution in [1.29, 1.82) is 0 Å². The maximum atomic E-state index is 15.4. The molecule has 4 aromatic rings. The lowest BCUT2D eigenvalue weighted by atomic mass is 9.82. The fourth-order valence-electron chi connectivity index (χ4n) is 9.48. The molecule has 2 aromatic carbocycles. The molecule has 6 rings (SSSR count). The molecule has 0 saturated carbocycles. The van der Waals surface area contributed by atoms with Crippen molar-refractivity contribution in [2.75, 3.05) is 39.3 Å². The fraction of sp³-hybridized carbons (Fsp3) is 0.400. The van der Waals surface area contributed by atoms with E-state index in [1.165, 1.54) is 29.1 Å². The first-order valence-corrected chi connectivity index (χ1v) is 25.6. The second kappa shape index (κ2) is 27.1. The van der Waals surface area contributed by atoms with Crippen LogP contribution in [0.15, 0.2) is 97.5 Å². The lowest BCUT2D eigenvalue weighted by molar-refractivity contribution is -0.142. The zero-order chi connectivity index (χ0) is 57.6. The molecule has 0 radical (unpaired) electrons. The maximum absolute atomic E-state index is 15.4. The van der Waals surface area contributed by atoms with Crippen LogP contribution in [0.2, 0.25) is 0 Å². The van der Waals surface area contributed by atoms with Crippen LogP contribution in [0.25, 0.3) is 11.1 Å². The Kier molecular flexibility index (Phi) is 20.4. The first kappa shape index (κ1) is 59.6. The van der Waals surface area contributed by atoms with Gasteiger partial charge in [-0.2, -0.15) is 0 Å². The van der Waals surface area contributed by atoms with Crippen molar-refractivity contribution in [3.05, 3.63) is 126 Å². The number of likely N-dealkylation sites (tertiary alicyclic amines) is 1. The van der Waals surface area contributed by atoms with Crippen molar-refractivity contribution in [1.82, 2.24) is 50.8 Å². The molecule has 2 aliphatic rings. The van der Waals surface area contributed by atoms with Crippen molar-refractivity contribution in [2.45, 2.75) is 96.6 Å². The summed E-state index contributed by atoms with van der Waals surface area (Å²) in [6, 6.07) is 10.6. The Labute approximate surface area is 454 Å². The first-order valence-electron chi connectivity index (χ1n) is 25.6. The summed E-state index contributed by atoms with van der Waals surface area (Å²) >= 11 is 0. The summed E-state index contributed by atoms with van der Waals surface area (Å²) in [4.78, 5) is 140. The molecule has 4 heterocycles. The Hall–Kier alpha value is -8.67. The number of imide groups is 1. The molecule has 0 spiro atoms. The Balaban J connectivity index is 1.26. The molecular weight excluding hydrogens is 1030 g/mol. The van der Waals surface area contributed by atoms with E-state index in [2.05, 4.69) is 31.6 Å². The lowest BCUT2D eigenvalue weighted by Gasteiger charge is -2.41. The highest BCUT2D eigenvalue weighted by Crippen LogP contribution is 2.41. The lowest BCUT2D eigenvalue weighted by Crippen LogP contribution is -2.58. The number of pyridine rings is 1. The Morgan fingerprint density at radius 3 is 2.18 bits per heavy atom. The van der Waals surface area contributed by atoms with Gasteiger partial charge in [-0.15, -0.1) is 0 Å². The predicted molar refractivity (Wildman–Crippen MR) is 281 cm³/mol. The van der Waals surface area contributed by atoms with Gasteiger partial charge in [0.25, 0.3) is 11.8 Å². The summed E-state index contributed by atoms with van der Waals surface area (Å²) < 4.78 is 31.8. The van der Waals surface area contributed by atoms with Gasteiger partial charge in [-0.25, -0.2) is 8.78 Å². The van der Waals surface area contributed by atoms with Crippen LogP contribution in [-0.2, 0) is 60.9 Å². The largest absolute Gasteiger partial charge is 0.387 e. The highest BCUT2D eigenvalue weighted by molar-refractivity contribution is 6.14. The monoisotopic (exact) mass is 1090 g/mol. The van der Waals surface area contributed by atoms with Gasteiger partial charge in [0, 0.05) is 80.3 Å². The summed E-state index contributed by atoms with van der Waals surface area (Å²) in [6.45, 7) is 4.71.